The molecule has 1 amide bonds. The van der Waals surface area contributed by atoms with E-state index in [4.69, 9.17) is 5.11 Å². The van der Waals surface area contributed by atoms with E-state index in [0.717, 1.165) is 9.35 Å². The van der Waals surface area contributed by atoms with E-state index in [0.29, 0.717) is 10.6 Å². The summed E-state index contributed by atoms with van der Waals surface area (Å²) in [7, 11) is 0. The van der Waals surface area contributed by atoms with Gasteiger partial charge in [-0.3, -0.25) is 9.59 Å². The van der Waals surface area contributed by atoms with Crippen LogP contribution in [0.4, 0.5) is 0 Å². The van der Waals surface area contributed by atoms with Gasteiger partial charge >= 0.3 is 5.97 Å². The lowest BCUT2D eigenvalue weighted by atomic mass is 10.3. The molecule has 0 radical (unpaired) electrons. The monoisotopic (exact) mass is 358 g/mol. The van der Waals surface area contributed by atoms with Gasteiger partial charge in [0.05, 0.1) is 21.4 Å². The number of halogens is 1. The minimum absolute atomic E-state index is 0.198. The molecular formula is C11H11BrN4O3S. The number of carboxylic acids is 1. The second kappa shape index (κ2) is 6.14. The van der Waals surface area contributed by atoms with Crippen LogP contribution in [-0.2, 0) is 17.9 Å². The van der Waals surface area contributed by atoms with Crippen LogP contribution in [0.1, 0.15) is 20.9 Å². The molecular weight excluding hydrogens is 348 g/mol. The Kier molecular flexibility index (Phi) is 4.50. The van der Waals surface area contributed by atoms with E-state index < -0.39 is 5.97 Å². The zero-order chi connectivity index (χ0) is 14.7. The average molecular weight is 359 g/mol. The molecule has 0 atom stereocenters. The summed E-state index contributed by atoms with van der Waals surface area (Å²) in [5.41, 5.74) is 1.51. The second-order valence-corrected chi connectivity index (χ2v) is 6.42. The van der Waals surface area contributed by atoms with Gasteiger partial charge < -0.3 is 10.4 Å². The van der Waals surface area contributed by atoms with Gasteiger partial charge in [-0.25, -0.2) is 4.68 Å². The highest BCUT2D eigenvalue weighted by Gasteiger charge is 2.12. The molecule has 0 spiro atoms. The van der Waals surface area contributed by atoms with E-state index in [1.54, 1.807) is 6.07 Å². The summed E-state index contributed by atoms with van der Waals surface area (Å²) in [5.74, 6) is -1.19. The Bertz CT molecular complexity index is 632. The number of hydrogen-bond donors (Lipinski definition) is 2. The van der Waals surface area contributed by atoms with Gasteiger partial charge in [-0.15, -0.1) is 16.4 Å². The Labute approximate surface area is 126 Å². The van der Waals surface area contributed by atoms with Gasteiger partial charge in [0.2, 0.25) is 0 Å². The average Bonchev–Trinajstić information content (AvgIpc) is 2.94. The van der Waals surface area contributed by atoms with Crippen LogP contribution in [-0.4, -0.2) is 32.0 Å². The second-order valence-electron chi connectivity index (χ2n) is 4.05. The number of thiophene rings is 1. The molecule has 106 valence electrons. The molecule has 0 aliphatic rings. The zero-order valence-corrected chi connectivity index (χ0v) is 12.9. The van der Waals surface area contributed by atoms with E-state index in [9.17, 15) is 9.59 Å². The molecule has 0 aromatic carbocycles. The lowest BCUT2D eigenvalue weighted by molar-refractivity contribution is -0.137. The number of carbonyl (C=O) groups is 2. The van der Waals surface area contributed by atoms with Crippen LogP contribution in [0.5, 0.6) is 0 Å². The molecule has 2 aromatic heterocycles. The van der Waals surface area contributed by atoms with Crippen molar-refractivity contribution in [2.45, 2.75) is 20.0 Å². The van der Waals surface area contributed by atoms with Crippen molar-refractivity contribution in [1.82, 2.24) is 20.3 Å². The number of carboxylic acid groups (broad SMARTS) is 1. The van der Waals surface area contributed by atoms with E-state index >= 15 is 0 Å². The summed E-state index contributed by atoms with van der Waals surface area (Å²) in [5, 5.41) is 18.8. The number of carbonyl (C=O) groups excluding carboxylic acids is 1. The maximum absolute atomic E-state index is 11.9. The third kappa shape index (κ3) is 3.64. The quantitative estimate of drug-likeness (QED) is 0.842. The van der Waals surface area contributed by atoms with Crippen molar-refractivity contribution < 1.29 is 14.7 Å². The maximum atomic E-state index is 11.9. The molecule has 0 unspecified atom stereocenters. The molecule has 2 N–H and O–H groups in total. The number of rotatable bonds is 5. The Morgan fingerprint density at radius 3 is 2.90 bits per heavy atom. The van der Waals surface area contributed by atoms with Crippen molar-refractivity contribution in [3.05, 3.63) is 32.2 Å². The summed E-state index contributed by atoms with van der Waals surface area (Å²) < 4.78 is 2.13. The summed E-state index contributed by atoms with van der Waals surface area (Å²) in [6.45, 7) is 1.86. The van der Waals surface area contributed by atoms with Crippen molar-refractivity contribution in [2.24, 2.45) is 0 Å². The summed E-state index contributed by atoms with van der Waals surface area (Å²) in [6.07, 6.45) is 1.49. The van der Waals surface area contributed by atoms with Crippen molar-refractivity contribution in [3.63, 3.8) is 0 Å². The number of nitrogens with one attached hydrogen (secondary N) is 1. The van der Waals surface area contributed by atoms with Crippen LogP contribution in [0.25, 0.3) is 0 Å². The summed E-state index contributed by atoms with van der Waals surface area (Å²) in [6, 6.07) is 1.80. The van der Waals surface area contributed by atoms with Gasteiger partial charge in [0, 0.05) is 0 Å². The summed E-state index contributed by atoms with van der Waals surface area (Å²) >= 11 is 4.72. The topological polar surface area (TPSA) is 97.1 Å². The number of nitrogens with zero attached hydrogens (tertiary/aromatic N) is 3. The molecule has 0 saturated carbocycles. The fourth-order valence-corrected chi connectivity index (χ4v) is 2.92. The molecule has 9 heteroatoms. The zero-order valence-electron chi connectivity index (χ0n) is 10.5. The van der Waals surface area contributed by atoms with Crippen LogP contribution in [0.15, 0.2) is 16.0 Å². The predicted octanol–water partition coefficient (Wildman–Crippen LogP) is 1.43. The Balaban J connectivity index is 1.93. The Morgan fingerprint density at radius 2 is 2.30 bits per heavy atom. The van der Waals surface area contributed by atoms with Gasteiger partial charge in [0.1, 0.15) is 12.2 Å². The van der Waals surface area contributed by atoms with Crippen LogP contribution >= 0.6 is 27.3 Å². The first kappa shape index (κ1) is 14.7. The fraction of sp³-hybridized carbons (Fsp3) is 0.273. The smallest absolute Gasteiger partial charge is 0.325 e. The molecule has 0 fully saturated rings. The van der Waals surface area contributed by atoms with Crippen molar-refractivity contribution >= 4 is 39.1 Å². The molecule has 7 nitrogen and oxygen atoms in total. The maximum Gasteiger partial charge on any atom is 0.325 e. The molecule has 0 saturated heterocycles. The number of amides is 1. The fourth-order valence-electron chi connectivity index (χ4n) is 1.47. The van der Waals surface area contributed by atoms with Crippen LogP contribution in [0.2, 0.25) is 0 Å². The van der Waals surface area contributed by atoms with E-state index in [-0.39, 0.29) is 19.0 Å². The standard InChI is InChI=1S/C11H11BrN4O3S/c1-6-2-8(20-10(6)12)11(19)13-3-7-4-16(15-14-7)5-9(17)18/h2,4H,3,5H2,1H3,(H,13,19)(H,17,18). The first-order chi connectivity index (χ1) is 9.45. The Morgan fingerprint density at radius 1 is 1.55 bits per heavy atom. The van der Waals surface area contributed by atoms with E-state index in [1.165, 1.54) is 22.2 Å². The van der Waals surface area contributed by atoms with Crippen LogP contribution in [0, 0.1) is 6.92 Å². The Hall–Kier alpha value is -1.74. The van der Waals surface area contributed by atoms with Gasteiger partial charge in [-0.2, -0.15) is 0 Å². The lowest BCUT2D eigenvalue weighted by Gasteiger charge is -1.99. The van der Waals surface area contributed by atoms with Gasteiger partial charge in [0.15, 0.2) is 0 Å². The summed E-state index contributed by atoms with van der Waals surface area (Å²) in [4.78, 5) is 23.0. The molecule has 0 aliphatic heterocycles. The highest BCUT2D eigenvalue weighted by Crippen LogP contribution is 2.27. The SMILES string of the molecule is Cc1cc(C(=O)NCc2cn(CC(=O)O)nn2)sc1Br. The van der Waals surface area contributed by atoms with Crippen LogP contribution in [0.3, 0.4) is 0 Å². The highest BCUT2D eigenvalue weighted by atomic mass is 79.9. The minimum atomic E-state index is -0.996. The molecule has 2 heterocycles. The largest absolute Gasteiger partial charge is 0.480 e. The van der Waals surface area contributed by atoms with E-state index in [2.05, 4.69) is 31.6 Å². The predicted molar refractivity (Wildman–Crippen MR) is 75.6 cm³/mol. The molecule has 0 aliphatic carbocycles. The van der Waals surface area contributed by atoms with Crippen molar-refractivity contribution in [1.29, 1.82) is 0 Å². The molecule has 20 heavy (non-hydrogen) atoms. The number of aryl methyl sites for hydroxylation is 1. The van der Waals surface area contributed by atoms with Crippen molar-refractivity contribution in [3.8, 4) is 0 Å². The first-order valence-corrected chi connectivity index (χ1v) is 7.21. The van der Waals surface area contributed by atoms with Gasteiger partial charge in [0.25, 0.3) is 5.91 Å². The number of hydrogen-bond acceptors (Lipinski definition) is 5. The molecule has 2 aromatic rings. The molecule has 0 bridgehead atoms. The van der Waals surface area contributed by atoms with Crippen LogP contribution < -0.4 is 5.32 Å². The van der Waals surface area contributed by atoms with E-state index in [1.807, 2.05) is 6.92 Å². The normalized spacial score (nSPS) is 10.5. The first-order valence-electron chi connectivity index (χ1n) is 5.60. The third-order valence-electron chi connectivity index (χ3n) is 2.39. The third-order valence-corrected chi connectivity index (χ3v) is 4.53. The number of aromatic nitrogens is 3. The number of aliphatic carboxylic acids is 1. The van der Waals surface area contributed by atoms with Gasteiger partial charge in [-0.05, 0) is 34.5 Å². The highest BCUT2D eigenvalue weighted by molar-refractivity contribution is 9.11. The minimum Gasteiger partial charge on any atom is -0.480 e. The van der Waals surface area contributed by atoms with Crippen molar-refractivity contribution in [2.75, 3.05) is 0 Å². The molecule has 2 rings (SSSR count). The van der Waals surface area contributed by atoms with Gasteiger partial charge in [-0.1, -0.05) is 5.21 Å². The lowest BCUT2D eigenvalue weighted by Crippen LogP contribution is -2.22.